The highest BCUT2D eigenvalue weighted by Crippen LogP contribution is 2.57. The van der Waals surface area contributed by atoms with E-state index < -0.39 is 36.7 Å². The molecule has 2 aliphatic carbocycles. The number of allylic oxidation sites excluding steroid dienone is 2. The van der Waals surface area contributed by atoms with Crippen molar-refractivity contribution in [3.8, 4) is 5.75 Å². The molecule has 0 bridgehead atoms. The van der Waals surface area contributed by atoms with Crippen molar-refractivity contribution in [3.63, 3.8) is 0 Å². The molecule has 0 amide bonds. The number of aliphatic carboxylic acids is 1. The number of benzene rings is 1. The van der Waals surface area contributed by atoms with Gasteiger partial charge in [-0.05, 0) is 42.5 Å². The second-order valence-electron chi connectivity index (χ2n) is 7.08. The SMILES string of the molecule is O=C(O)COc1cc2c(c(Cl)c1Cl)C1=CC(=O)CCC1(CCOC(=O)C(F)(F)F)C2. The van der Waals surface area contributed by atoms with E-state index in [4.69, 9.17) is 33.0 Å². The Morgan fingerprint density at radius 2 is 1.93 bits per heavy atom. The third-order valence-corrected chi connectivity index (χ3v) is 6.03. The van der Waals surface area contributed by atoms with Crippen LogP contribution in [0.2, 0.25) is 10.0 Å². The Kier molecular flexibility index (Phi) is 6.06. The summed E-state index contributed by atoms with van der Waals surface area (Å²) < 4.78 is 46.7. The zero-order valence-electron chi connectivity index (χ0n) is 15.3. The van der Waals surface area contributed by atoms with Gasteiger partial charge in [-0.1, -0.05) is 23.2 Å². The van der Waals surface area contributed by atoms with E-state index in [0.717, 1.165) is 0 Å². The van der Waals surface area contributed by atoms with Gasteiger partial charge in [-0.15, -0.1) is 0 Å². The second kappa shape index (κ2) is 8.11. The highest BCUT2D eigenvalue weighted by Gasteiger charge is 2.47. The van der Waals surface area contributed by atoms with Gasteiger partial charge in [-0.3, -0.25) is 4.79 Å². The number of carbonyl (C=O) groups is 3. The Labute approximate surface area is 178 Å². The van der Waals surface area contributed by atoms with Crippen molar-refractivity contribution < 1.29 is 42.1 Å². The molecule has 0 saturated carbocycles. The van der Waals surface area contributed by atoms with Crippen LogP contribution in [0.4, 0.5) is 13.2 Å². The lowest BCUT2D eigenvalue weighted by Gasteiger charge is -2.33. The number of ketones is 1. The Bertz CT molecular complexity index is 957. The molecule has 0 aliphatic heterocycles. The molecular formula is C19H15Cl2F3O6. The topological polar surface area (TPSA) is 89.9 Å². The van der Waals surface area contributed by atoms with Gasteiger partial charge >= 0.3 is 18.1 Å². The lowest BCUT2D eigenvalue weighted by Crippen LogP contribution is -2.30. The molecule has 1 unspecified atom stereocenters. The predicted octanol–water partition coefficient (Wildman–Crippen LogP) is 4.24. The number of fused-ring (bicyclic) bond motifs is 3. The van der Waals surface area contributed by atoms with Crippen molar-refractivity contribution in [2.75, 3.05) is 13.2 Å². The summed E-state index contributed by atoms with van der Waals surface area (Å²) in [6.45, 7) is -1.14. The first-order valence-corrected chi connectivity index (χ1v) is 9.55. The molecule has 1 aromatic rings. The average molecular weight is 467 g/mol. The molecule has 1 N–H and O–H groups in total. The summed E-state index contributed by atoms with van der Waals surface area (Å²) in [6.07, 6.45) is -2.85. The fraction of sp³-hybridized carbons (Fsp3) is 0.421. The molecule has 0 fully saturated rings. The quantitative estimate of drug-likeness (QED) is 0.630. The summed E-state index contributed by atoms with van der Waals surface area (Å²) in [4.78, 5) is 33.8. The summed E-state index contributed by atoms with van der Waals surface area (Å²) in [5, 5.41) is 8.82. The number of ether oxygens (including phenoxy) is 2. The molecule has 2 aliphatic rings. The van der Waals surface area contributed by atoms with Crippen LogP contribution in [0.15, 0.2) is 12.1 Å². The van der Waals surface area contributed by atoms with Crippen LogP contribution in [0.5, 0.6) is 5.75 Å². The predicted molar refractivity (Wildman–Crippen MR) is 99.6 cm³/mol. The van der Waals surface area contributed by atoms with Gasteiger partial charge in [0.1, 0.15) is 10.8 Å². The molecule has 0 saturated heterocycles. The zero-order chi connectivity index (χ0) is 22.3. The molecular weight excluding hydrogens is 452 g/mol. The first-order valence-electron chi connectivity index (χ1n) is 8.79. The highest BCUT2D eigenvalue weighted by atomic mass is 35.5. The first kappa shape index (κ1) is 22.4. The molecule has 1 aromatic carbocycles. The third kappa shape index (κ3) is 4.27. The number of carboxylic acids is 1. The van der Waals surface area contributed by atoms with Gasteiger partial charge in [0.2, 0.25) is 0 Å². The largest absolute Gasteiger partial charge is 0.490 e. The smallest absolute Gasteiger partial charge is 0.480 e. The normalized spacial score (nSPS) is 20.3. The molecule has 0 heterocycles. The number of hydrogen-bond donors (Lipinski definition) is 1. The summed E-state index contributed by atoms with van der Waals surface area (Å²) in [7, 11) is 0. The average Bonchev–Trinajstić information content (AvgIpc) is 2.96. The van der Waals surface area contributed by atoms with Crippen LogP contribution in [0.25, 0.3) is 5.57 Å². The highest BCUT2D eigenvalue weighted by molar-refractivity contribution is 6.44. The lowest BCUT2D eigenvalue weighted by molar-refractivity contribution is -0.200. The van der Waals surface area contributed by atoms with Crippen molar-refractivity contribution >= 4 is 46.5 Å². The van der Waals surface area contributed by atoms with E-state index in [0.29, 0.717) is 29.5 Å². The maximum Gasteiger partial charge on any atom is 0.490 e. The molecule has 1 atom stereocenters. The van der Waals surface area contributed by atoms with Gasteiger partial charge in [-0.2, -0.15) is 13.2 Å². The van der Waals surface area contributed by atoms with Crippen molar-refractivity contribution in [3.05, 3.63) is 33.3 Å². The Hall–Kier alpha value is -2.26. The molecule has 0 spiro atoms. The van der Waals surface area contributed by atoms with Crippen molar-refractivity contribution in [1.82, 2.24) is 0 Å². The van der Waals surface area contributed by atoms with Gasteiger partial charge in [0.15, 0.2) is 12.4 Å². The summed E-state index contributed by atoms with van der Waals surface area (Å²) in [6, 6.07) is 1.51. The number of esters is 1. The van der Waals surface area contributed by atoms with Crippen LogP contribution in [-0.4, -0.2) is 42.2 Å². The first-order chi connectivity index (χ1) is 13.9. The van der Waals surface area contributed by atoms with Gasteiger partial charge < -0.3 is 14.6 Å². The molecule has 162 valence electrons. The molecule has 11 heteroatoms. The number of carboxylic acid groups (broad SMARTS) is 1. The van der Waals surface area contributed by atoms with Crippen molar-refractivity contribution in [2.45, 2.75) is 31.9 Å². The van der Waals surface area contributed by atoms with Crippen molar-refractivity contribution in [2.24, 2.45) is 5.41 Å². The van der Waals surface area contributed by atoms with E-state index in [9.17, 15) is 27.6 Å². The number of carbonyl (C=O) groups excluding carboxylic acids is 2. The van der Waals surface area contributed by atoms with Gasteiger partial charge in [0, 0.05) is 17.4 Å². The second-order valence-corrected chi connectivity index (χ2v) is 7.84. The molecule has 6 nitrogen and oxygen atoms in total. The van der Waals surface area contributed by atoms with Crippen LogP contribution in [0.3, 0.4) is 0 Å². The van der Waals surface area contributed by atoms with Crippen molar-refractivity contribution in [1.29, 1.82) is 0 Å². The summed E-state index contributed by atoms with van der Waals surface area (Å²) in [5.74, 6) is -3.61. The van der Waals surface area contributed by atoms with Crippen LogP contribution in [-0.2, 0) is 25.5 Å². The van der Waals surface area contributed by atoms with E-state index in [1.807, 2.05) is 0 Å². The minimum absolute atomic E-state index is 0.0325. The number of halogens is 5. The van der Waals surface area contributed by atoms with E-state index in [1.165, 1.54) is 12.1 Å². The van der Waals surface area contributed by atoms with Crippen LogP contribution in [0.1, 0.15) is 30.4 Å². The lowest BCUT2D eigenvalue weighted by atomic mass is 9.70. The van der Waals surface area contributed by atoms with Crippen LogP contribution >= 0.6 is 23.2 Å². The maximum absolute atomic E-state index is 12.4. The minimum Gasteiger partial charge on any atom is -0.480 e. The van der Waals surface area contributed by atoms with E-state index in [2.05, 4.69) is 4.74 Å². The van der Waals surface area contributed by atoms with Gasteiger partial charge in [-0.25, -0.2) is 9.59 Å². The zero-order valence-corrected chi connectivity index (χ0v) is 16.8. The van der Waals surface area contributed by atoms with E-state index in [-0.39, 0.29) is 34.4 Å². The monoisotopic (exact) mass is 466 g/mol. The standard InChI is InChI=1S/C19H15Cl2F3O6/c20-15-12(30-8-13(26)27)5-9-7-18(3-4-29-17(28)19(22,23)24)2-1-10(25)6-11(18)14(9)16(15)21/h5-6H,1-4,7-8H2,(H,26,27). The molecule has 0 radical (unpaired) electrons. The number of rotatable bonds is 6. The Morgan fingerprint density at radius 1 is 1.23 bits per heavy atom. The van der Waals surface area contributed by atoms with Gasteiger partial charge in [0.25, 0.3) is 0 Å². The fourth-order valence-corrected chi connectivity index (χ4v) is 4.39. The minimum atomic E-state index is -5.09. The summed E-state index contributed by atoms with van der Waals surface area (Å²) >= 11 is 12.6. The molecule has 0 aromatic heterocycles. The number of alkyl halides is 3. The van der Waals surface area contributed by atoms with Crippen LogP contribution < -0.4 is 4.74 Å². The number of hydrogen-bond acceptors (Lipinski definition) is 5. The Morgan fingerprint density at radius 3 is 2.57 bits per heavy atom. The Balaban J connectivity index is 1.92. The molecule has 3 rings (SSSR count). The van der Waals surface area contributed by atoms with Gasteiger partial charge in [0.05, 0.1) is 11.6 Å². The maximum atomic E-state index is 12.4. The summed E-state index contributed by atoms with van der Waals surface area (Å²) in [5.41, 5.74) is 0.849. The molecule has 30 heavy (non-hydrogen) atoms. The van der Waals surface area contributed by atoms with Crippen LogP contribution in [0, 0.1) is 5.41 Å². The fourth-order valence-electron chi connectivity index (χ4n) is 3.87. The van der Waals surface area contributed by atoms with E-state index in [1.54, 1.807) is 0 Å². The third-order valence-electron chi connectivity index (χ3n) is 5.18. The van der Waals surface area contributed by atoms with E-state index >= 15 is 0 Å².